The summed E-state index contributed by atoms with van der Waals surface area (Å²) in [5.41, 5.74) is 2.65. The Morgan fingerprint density at radius 2 is 2.06 bits per heavy atom. The Morgan fingerprint density at radius 3 is 2.69 bits per heavy atom. The molecule has 0 aliphatic carbocycles. The molecule has 9 nitrogen and oxygen atoms in total. The number of H-pyrrole nitrogens is 1. The second-order valence-electron chi connectivity index (χ2n) is 6.74. The lowest BCUT2D eigenvalue weighted by Gasteiger charge is -2.23. The number of nitrogens with zero attached hydrogens (tertiary/aromatic N) is 5. The van der Waals surface area contributed by atoms with Crippen molar-refractivity contribution in [3.8, 4) is 22.6 Å². The third kappa shape index (κ3) is 4.29. The number of rotatable bonds is 8. The SMILES string of the molecule is CN(Cc1ccc(-c2nnc(C(F)F)o2)cn1)c1cc(F)c(-c2cn[nH]c2)cc1NC=O. The van der Waals surface area contributed by atoms with Gasteiger partial charge in [-0.25, -0.2) is 4.39 Å². The number of nitrogens with one attached hydrogen (secondary N) is 2. The number of carbonyl (C=O) groups excluding carboxylic acids is 1. The number of aromatic nitrogens is 5. The Bertz CT molecular complexity index is 1210. The van der Waals surface area contributed by atoms with Gasteiger partial charge in [-0.05, 0) is 24.3 Å². The fraction of sp³-hybridized carbons (Fsp3) is 0.150. The van der Waals surface area contributed by atoms with Crippen molar-refractivity contribution in [3.05, 3.63) is 60.3 Å². The van der Waals surface area contributed by atoms with Crippen LogP contribution in [0.1, 0.15) is 18.0 Å². The average Bonchev–Trinajstić information content (AvgIpc) is 3.48. The molecule has 2 N–H and O–H groups in total. The lowest BCUT2D eigenvalue weighted by atomic mass is 10.1. The quantitative estimate of drug-likeness (QED) is 0.398. The smallest absolute Gasteiger partial charge is 0.314 e. The first-order chi connectivity index (χ1) is 15.5. The number of aromatic amines is 1. The maximum atomic E-state index is 14.8. The zero-order valence-electron chi connectivity index (χ0n) is 16.6. The van der Waals surface area contributed by atoms with E-state index in [0.29, 0.717) is 34.6 Å². The molecule has 1 aromatic carbocycles. The van der Waals surface area contributed by atoms with Crippen LogP contribution in [0.2, 0.25) is 0 Å². The van der Waals surface area contributed by atoms with Gasteiger partial charge in [0.1, 0.15) is 5.82 Å². The normalized spacial score (nSPS) is 11.0. The van der Waals surface area contributed by atoms with Gasteiger partial charge in [0.2, 0.25) is 12.3 Å². The van der Waals surface area contributed by atoms with Crippen LogP contribution in [-0.4, -0.2) is 38.8 Å². The Labute approximate surface area is 179 Å². The Kier molecular flexibility index (Phi) is 5.83. The highest BCUT2D eigenvalue weighted by Gasteiger charge is 2.18. The first kappa shape index (κ1) is 21.0. The molecule has 3 heterocycles. The summed E-state index contributed by atoms with van der Waals surface area (Å²) in [4.78, 5) is 17.1. The topological polar surface area (TPSA) is 113 Å². The zero-order valence-corrected chi connectivity index (χ0v) is 16.6. The standard InChI is InChI=1S/C20H16F3N7O2/c1-30(9-13-3-2-11(6-24-13)19-28-29-20(32-19)18(22)23)17-5-15(21)14(4-16(17)25-10-31)12-7-26-27-8-12/h2-8,10,18H,9H2,1H3,(H,25,31)(H,26,27). The first-order valence-corrected chi connectivity index (χ1v) is 9.27. The van der Waals surface area contributed by atoms with Gasteiger partial charge in [0.25, 0.3) is 5.89 Å². The molecule has 164 valence electrons. The van der Waals surface area contributed by atoms with Gasteiger partial charge < -0.3 is 14.6 Å². The molecule has 0 aliphatic heterocycles. The molecular weight excluding hydrogens is 427 g/mol. The molecule has 0 aliphatic rings. The van der Waals surface area contributed by atoms with Crippen LogP contribution in [0.15, 0.2) is 47.3 Å². The zero-order chi connectivity index (χ0) is 22.7. The predicted octanol–water partition coefficient (Wildman–Crippen LogP) is 3.80. The van der Waals surface area contributed by atoms with E-state index in [1.165, 1.54) is 24.5 Å². The summed E-state index contributed by atoms with van der Waals surface area (Å²) < 4.78 is 44.9. The van der Waals surface area contributed by atoms with Gasteiger partial charge in [-0.1, -0.05) is 0 Å². The molecule has 12 heteroatoms. The largest absolute Gasteiger partial charge is 0.415 e. The van der Waals surface area contributed by atoms with E-state index in [2.05, 4.69) is 30.7 Å². The van der Waals surface area contributed by atoms with E-state index in [0.717, 1.165) is 0 Å². The van der Waals surface area contributed by atoms with E-state index in [-0.39, 0.29) is 18.0 Å². The molecule has 0 saturated carbocycles. The van der Waals surface area contributed by atoms with Crippen LogP contribution >= 0.6 is 0 Å². The Hall–Kier alpha value is -4.22. The van der Waals surface area contributed by atoms with Gasteiger partial charge >= 0.3 is 6.43 Å². The highest BCUT2D eigenvalue weighted by Crippen LogP contribution is 2.34. The molecule has 0 saturated heterocycles. The van der Waals surface area contributed by atoms with Gasteiger partial charge in [0.05, 0.1) is 35.4 Å². The summed E-state index contributed by atoms with van der Waals surface area (Å²) in [6.07, 6.45) is 2.09. The van der Waals surface area contributed by atoms with Crippen LogP contribution in [0.5, 0.6) is 0 Å². The summed E-state index contributed by atoms with van der Waals surface area (Å²) in [6.45, 7) is 0.268. The number of pyridine rings is 1. The van der Waals surface area contributed by atoms with E-state index in [9.17, 15) is 18.0 Å². The monoisotopic (exact) mass is 443 g/mol. The van der Waals surface area contributed by atoms with Gasteiger partial charge in [0.15, 0.2) is 0 Å². The molecule has 0 atom stereocenters. The number of anilines is 2. The van der Waals surface area contributed by atoms with Crippen molar-refractivity contribution < 1.29 is 22.4 Å². The van der Waals surface area contributed by atoms with Crippen molar-refractivity contribution in [2.24, 2.45) is 0 Å². The van der Waals surface area contributed by atoms with E-state index in [1.807, 2.05) is 0 Å². The number of benzene rings is 1. The maximum absolute atomic E-state index is 14.8. The van der Waals surface area contributed by atoms with Crippen molar-refractivity contribution >= 4 is 17.8 Å². The molecule has 0 radical (unpaired) electrons. The van der Waals surface area contributed by atoms with Crippen LogP contribution < -0.4 is 10.2 Å². The fourth-order valence-electron chi connectivity index (χ4n) is 3.09. The minimum absolute atomic E-state index is 0.0675. The maximum Gasteiger partial charge on any atom is 0.314 e. The average molecular weight is 443 g/mol. The van der Waals surface area contributed by atoms with Crippen LogP contribution in [0.4, 0.5) is 24.5 Å². The summed E-state index contributed by atoms with van der Waals surface area (Å²) in [5.74, 6) is -1.32. The predicted molar refractivity (Wildman–Crippen MR) is 108 cm³/mol. The molecule has 0 unspecified atom stereocenters. The van der Waals surface area contributed by atoms with Gasteiger partial charge in [-0.2, -0.15) is 13.9 Å². The van der Waals surface area contributed by atoms with E-state index in [4.69, 9.17) is 4.42 Å². The lowest BCUT2D eigenvalue weighted by molar-refractivity contribution is -0.105. The van der Waals surface area contributed by atoms with Crippen molar-refractivity contribution in [3.63, 3.8) is 0 Å². The Balaban J connectivity index is 1.56. The first-order valence-electron chi connectivity index (χ1n) is 9.27. The second-order valence-corrected chi connectivity index (χ2v) is 6.74. The Morgan fingerprint density at radius 1 is 1.22 bits per heavy atom. The van der Waals surface area contributed by atoms with E-state index >= 15 is 0 Å². The number of carbonyl (C=O) groups is 1. The van der Waals surface area contributed by atoms with Crippen molar-refractivity contribution in [1.82, 2.24) is 25.4 Å². The highest BCUT2D eigenvalue weighted by molar-refractivity contribution is 5.85. The summed E-state index contributed by atoms with van der Waals surface area (Å²) in [7, 11) is 1.71. The number of hydrogen-bond donors (Lipinski definition) is 2. The lowest BCUT2D eigenvalue weighted by Crippen LogP contribution is -2.19. The number of amides is 1. The third-order valence-electron chi connectivity index (χ3n) is 4.62. The van der Waals surface area contributed by atoms with Gasteiger partial charge in [-0.3, -0.25) is 14.9 Å². The molecule has 0 bridgehead atoms. The number of halogens is 3. The van der Waals surface area contributed by atoms with Crippen LogP contribution in [0.25, 0.3) is 22.6 Å². The second kappa shape index (κ2) is 8.88. The number of hydrogen-bond acceptors (Lipinski definition) is 7. The minimum atomic E-state index is -2.86. The third-order valence-corrected chi connectivity index (χ3v) is 4.62. The van der Waals surface area contributed by atoms with Crippen LogP contribution in [0.3, 0.4) is 0 Å². The number of alkyl halides is 2. The van der Waals surface area contributed by atoms with E-state index < -0.39 is 18.1 Å². The molecule has 4 aromatic rings. The molecule has 0 fully saturated rings. The van der Waals surface area contributed by atoms with Gasteiger partial charge in [-0.15, -0.1) is 10.2 Å². The van der Waals surface area contributed by atoms with E-state index in [1.54, 1.807) is 30.3 Å². The molecule has 4 rings (SSSR count). The van der Waals surface area contributed by atoms with Crippen molar-refractivity contribution in [1.29, 1.82) is 0 Å². The van der Waals surface area contributed by atoms with Gasteiger partial charge in [0, 0.05) is 30.6 Å². The van der Waals surface area contributed by atoms with Crippen LogP contribution in [0, 0.1) is 5.82 Å². The minimum Gasteiger partial charge on any atom is -0.415 e. The molecule has 3 aromatic heterocycles. The molecular formula is C20H16F3N7O2. The fourth-order valence-corrected chi connectivity index (χ4v) is 3.09. The summed E-state index contributed by atoms with van der Waals surface area (Å²) in [6, 6.07) is 6.09. The molecule has 32 heavy (non-hydrogen) atoms. The van der Waals surface area contributed by atoms with Crippen molar-refractivity contribution in [2.75, 3.05) is 17.3 Å². The highest BCUT2D eigenvalue weighted by atomic mass is 19.3. The molecule has 1 amide bonds. The molecule has 0 spiro atoms. The summed E-state index contributed by atoms with van der Waals surface area (Å²) in [5, 5.41) is 15.9. The van der Waals surface area contributed by atoms with Crippen LogP contribution in [-0.2, 0) is 11.3 Å². The summed E-state index contributed by atoms with van der Waals surface area (Å²) >= 11 is 0. The van der Waals surface area contributed by atoms with Crippen molar-refractivity contribution in [2.45, 2.75) is 13.0 Å².